The highest BCUT2D eigenvalue weighted by Gasteiger charge is 2.26. The third-order valence-electron chi connectivity index (χ3n) is 4.70. The molecule has 0 fully saturated rings. The monoisotopic (exact) mass is 466 g/mol. The molecular formula is C24H26N4O6. The molecule has 0 saturated carbocycles. The standard InChI is InChI=1S/C24H26N4O6/c1-5-28-22(29)21(26-18-13-25-12-11-16(18)4)19(20(27-28)17-9-7-6-8-10-17)23(30)32-14-33-24(31)34-15(2)3/h6-13,15,26H,5,14H2,1-4H3. The number of hydrogen-bond donors (Lipinski definition) is 1. The van der Waals surface area contributed by atoms with Crippen molar-refractivity contribution in [2.24, 2.45) is 0 Å². The van der Waals surface area contributed by atoms with Crippen LogP contribution >= 0.6 is 0 Å². The Morgan fingerprint density at radius 3 is 2.50 bits per heavy atom. The van der Waals surface area contributed by atoms with Crippen LogP contribution < -0.4 is 10.9 Å². The summed E-state index contributed by atoms with van der Waals surface area (Å²) in [5.74, 6) is -0.895. The van der Waals surface area contributed by atoms with E-state index in [0.29, 0.717) is 11.3 Å². The van der Waals surface area contributed by atoms with Gasteiger partial charge in [-0.2, -0.15) is 5.10 Å². The highest BCUT2D eigenvalue weighted by molar-refractivity contribution is 6.02. The average molecular weight is 466 g/mol. The van der Waals surface area contributed by atoms with Gasteiger partial charge in [0.05, 0.1) is 18.0 Å². The summed E-state index contributed by atoms with van der Waals surface area (Å²) in [7, 11) is 0. The van der Waals surface area contributed by atoms with Gasteiger partial charge in [-0.3, -0.25) is 9.78 Å². The van der Waals surface area contributed by atoms with E-state index in [-0.39, 0.29) is 23.5 Å². The van der Waals surface area contributed by atoms with E-state index in [2.05, 4.69) is 15.4 Å². The third kappa shape index (κ3) is 5.77. The number of carbonyl (C=O) groups is 2. The van der Waals surface area contributed by atoms with Gasteiger partial charge in [-0.15, -0.1) is 0 Å². The first kappa shape index (κ1) is 24.4. The predicted molar refractivity (Wildman–Crippen MR) is 125 cm³/mol. The zero-order valence-corrected chi connectivity index (χ0v) is 19.4. The number of aromatic nitrogens is 3. The van der Waals surface area contributed by atoms with Gasteiger partial charge in [-0.25, -0.2) is 14.3 Å². The van der Waals surface area contributed by atoms with E-state index in [1.807, 2.05) is 13.0 Å². The van der Waals surface area contributed by atoms with Gasteiger partial charge in [0.15, 0.2) is 0 Å². The summed E-state index contributed by atoms with van der Waals surface area (Å²) in [5.41, 5.74) is 1.56. The molecule has 34 heavy (non-hydrogen) atoms. The number of pyridine rings is 1. The molecule has 10 nitrogen and oxygen atoms in total. The summed E-state index contributed by atoms with van der Waals surface area (Å²) in [6.07, 6.45) is 1.80. The Hall–Kier alpha value is -4.21. The van der Waals surface area contributed by atoms with Crippen LogP contribution in [0, 0.1) is 6.92 Å². The highest BCUT2D eigenvalue weighted by Crippen LogP contribution is 2.28. The maximum Gasteiger partial charge on any atom is 0.511 e. The fourth-order valence-electron chi connectivity index (χ4n) is 3.06. The number of anilines is 2. The molecule has 0 spiro atoms. The van der Waals surface area contributed by atoms with E-state index in [4.69, 9.17) is 14.2 Å². The average Bonchev–Trinajstić information content (AvgIpc) is 2.81. The van der Waals surface area contributed by atoms with E-state index < -0.39 is 30.6 Å². The van der Waals surface area contributed by atoms with E-state index in [1.54, 1.807) is 63.5 Å². The second-order valence-corrected chi connectivity index (χ2v) is 7.51. The number of ether oxygens (including phenoxy) is 3. The van der Waals surface area contributed by atoms with Crippen molar-refractivity contribution in [3.63, 3.8) is 0 Å². The molecule has 3 rings (SSSR count). The zero-order valence-electron chi connectivity index (χ0n) is 19.4. The van der Waals surface area contributed by atoms with Gasteiger partial charge < -0.3 is 19.5 Å². The molecule has 2 heterocycles. The lowest BCUT2D eigenvalue weighted by Crippen LogP contribution is -2.29. The first-order chi connectivity index (χ1) is 16.3. The molecule has 0 aliphatic rings. The molecule has 0 saturated heterocycles. The lowest BCUT2D eigenvalue weighted by atomic mass is 10.0. The maximum absolute atomic E-state index is 13.2. The number of nitrogens with one attached hydrogen (secondary N) is 1. The maximum atomic E-state index is 13.2. The van der Waals surface area contributed by atoms with Crippen molar-refractivity contribution < 1.29 is 23.8 Å². The Bertz CT molecular complexity index is 1220. The Morgan fingerprint density at radius 2 is 1.85 bits per heavy atom. The number of benzene rings is 1. The lowest BCUT2D eigenvalue weighted by molar-refractivity contribution is -0.0344. The molecule has 178 valence electrons. The molecule has 1 N–H and O–H groups in total. The number of esters is 1. The molecule has 0 aliphatic carbocycles. The molecule has 10 heteroatoms. The van der Waals surface area contributed by atoms with Crippen LogP contribution in [0.5, 0.6) is 0 Å². The summed E-state index contributed by atoms with van der Waals surface area (Å²) < 4.78 is 16.1. The van der Waals surface area contributed by atoms with E-state index in [0.717, 1.165) is 5.56 Å². The number of carbonyl (C=O) groups excluding carboxylic acids is 2. The smallest absolute Gasteiger partial charge is 0.431 e. The van der Waals surface area contributed by atoms with Crippen molar-refractivity contribution in [1.82, 2.24) is 14.8 Å². The Balaban J connectivity index is 2.07. The van der Waals surface area contributed by atoms with Crippen LogP contribution in [0.15, 0.2) is 53.6 Å². The Kier molecular flexibility index (Phi) is 7.96. The molecule has 0 atom stereocenters. The van der Waals surface area contributed by atoms with Gasteiger partial charge in [0, 0.05) is 18.3 Å². The Labute approximate surface area is 196 Å². The molecule has 0 aliphatic heterocycles. The Morgan fingerprint density at radius 1 is 1.12 bits per heavy atom. The molecule has 1 aromatic carbocycles. The topological polar surface area (TPSA) is 122 Å². The summed E-state index contributed by atoms with van der Waals surface area (Å²) in [6.45, 7) is 6.51. The van der Waals surface area contributed by atoms with Crippen molar-refractivity contribution in [3.05, 3.63) is 70.3 Å². The SMILES string of the molecule is CCn1nc(-c2ccccc2)c(C(=O)OCOC(=O)OC(C)C)c(Nc2cnccc2C)c1=O. The van der Waals surface area contributed by atoms with Crippen LogP contribution in [0.2, 0.25) is 0 Å². The molecule has 2 aromatic heterocycles. The molecule has 0 bridgehead atoms. The molecule has 0 amide bonds. The van der Waals surface area contributed by atoms with Crippen molar-refractivity contribution in [1.29, 1.82) is 0 Å². The van der Waals surface area contributed by atoms with Gasteiger partial charge in [0.25, 0.3) is 5.56 Å². The minimum atomic E-state index is -0.977. The first-order valence-electron chi connectivity index (χ1n) is 10.7. The van der Waals surface area contributed by atoms with Gasteiger partial charge in [-0.05, 0) is 39.3 Å². The first-order valence-corrected chi connectivity index (χ1v) is 10.7. The normalized spacial score (nSPS) is 10.6. The molecule has 0 unspecified atom stereocenters. The third-order valence-corrected chi connectivity index (χ3v) is 4.70. The number of hydrogen-bond acceptors (Lipinski definition) is 9. The summed E-state index contributed by atoms with van der Waals surface area (Å²) in [4.78, 5) is 42.1. The van der Waals surface area contributed by atoms with Crippen LogP contribution in [0.4, 0.5) is 16.2 Å². The zero-order chi connectivity index (χ0) is 24.7. The fourth-order valence-corrected chi connectivity index (χ4v) is 3.06. The second-order valence-electron chi connectivity index (χ2n) is 7.51. The minimum Gasteiger partial charge on any atom is -0.431 e. The van der Waals surface area contributed by atoms with Crippen molar-refractivity contribution in [3.8, 4) is 11.3 Å². The molecular weight excluding hydrogens is 440 g/mol. The number of aryl methyl sites for hydroxylation is 2. The lowest BCUT2D eigenvalue weighted by Gasteiger charge is -2.17. The van der Waals surface area contributed by atoms with E-state index >= 15 is 0 Å². The van der Waals surface area contributed by atoms with Crippen molar-refractivity contribution in [2.45, 2.75) is 40.3 Å². The van der Waals surface area contributed by atoms with Crippen LogP contribution in [0.1, 0.15) is 36.7 Å². The van der Waals surface area contributed by atoms with Crippen LogP contribution in [0.3, 0.4) is 0 Å². The van der Waals surface area contributed by atoms with Crippen LogP contribution in [-0.2, 0) is 20.8 Å². The minimum absolute atomic E-state index is 0.0263. The van der Waals surface area contributed by atoms with Gasteiger partial charge in [-0.1, -0.05) is 30.3 Å². The summed E-state index contributed by atoms with van der Waals surface area (Å²) >= 11 is 0. The van der Waals surface area contributed by atoms with Crippen LogP contribution in [0.25, 0.3) is 11.3 Å². The van der Waals surface area contributed by atoms with E-state index in [1.165, 1.54) is 4.68 Å². The quantitative estimate of drug-likeness (QED) is 0.387. The van der Waals surface area contributed by atoms with Crippen LogP contribution in [-0.4, -0.2) is 39.8 Å². The predicted octanol–water partition coefficient (Wildman–Crippen LogP) is 4.05. The summed E-state index contributed by atoms with van der Waals surface area (Å²) in [5, 5.41) is 7.44. The highest BCUT2D eigenvalue weighted by atomic mass is 16.8. The van der Waals surface area contributed by atoms with Crippen molar-refractivity contribution in [2.75, 3.05) is 12.1 Å². The van der Waals surface area contributed by atoms with E-state index in [9.17, 15) is 14.4 Å². The van der Waals surface area contributed by atoms with Gasteiger partial charge in [0.1, 0.15) is 16.9 Å². The van der Waals surface area contributed by atoms with Gasteiger partial charge >= 0.3 is 12.1 Å². The molecule has 0 radical (unpaired) electrons. The number of rotatable bonds is 8. The van der Waals surface area contributed by atoms with Gasteiger partial charge in [0.2, 0.25) is 6.79 Å². The second kappa shape index (κ2) is 11.1. The largest absolute Gasteiger partial charge is 0.511 e. The fraction of sp³-hybridized carbons (Fsp3) is 0.292. The number of nitrogens with zero attached hydrogens (tertiary/aromatic N) is 3. The van der Waals surface area contributed by atoms with Crippen molar-refractivity contribution >= 4 is 23.5 Å². The molecule has 3 aromatic rings. The summed E-state index contributed by atoms with van der Waals surface area (Å²) in [6, 6.07) is 10.7.